The van der Waals surface area contributed by atoms with E-state index in [4.69, 9.17) is 20.7 Å². The minimum Gasteiger partial charge on any atom is -0.454 e. The first-order valence-corrected chi connectivity index (χ1v) is 4.11. The normalized spacial score (nSPS) is 35.6. The third-order valence-electron chi connectivity index (χ3n) is 2.25. The lowest BCUT2D eigenvalue weighted by Crippen LogP contribution is -2.19. The van der Waals surface area contributed by atoms with Crippen LogP contribution in [0.5, 0.6) is 11.5 Å². The first kappa shape index (κ1) is 4.33. The van der Waals surface area contributed by atoms with Gasteiger partial charge >= 0.3 is 0 Å². The predicted molar refractivity (Wildman–Crippen MR) is 47.9 cm³/mol. The second-order valence-corrected chi connectivity index (χ2v) is 3.20. The van der Waals surface area contributed by atoms with Crippen LogP contribution in [0.1, 0.15) is 16.6 Å². The van der Waals surface area contributed by atoms with Gasteiger partial charge in [-0.3, -0.25) is 0 Å². The molecule has 68 valence electrons. The van der Waals surface area contributed by atoms with Crippen LogP contribution in [0.15, 0.2) is 12.1 Å². The van der Waals surface area contributed by atoms with Crippen molar-refractivity contribution in [3.8, 4) is 11.5 Å². The predicted octanol–water partition coefficient (Wildman–Crippen LogP) is 0.841. The summed E-state index contributed by atoms with van der Waals surface area (Å²) in [5, 5.41) is 0. The number of ether oxygens (including phenoxy) is 2. The lowest BCUT2D eigenvalue weighted by Gasteiger charge is -2.00. The molecule has 1 aromatic carbocycles. The number of fused-ring (bicyclic) bond motifs is 2. The van der Waals surface area contributed by atoms with Gasteiger partial charge in [-0.2, -0.15) is 0 Å². The zero-order chi connectivity index (χ0) is 12.4. The van der Waals surface area contributed by atoms with Gasteiger partial charge in [0.15, 0.2) is 11.5 Å². The van der Waals surface area contributed by atoms with Gasteiger partial charge in [-0.15, -0.1) is 0 Å². The third kappa shape index (κ3) is 1.00. The molecule has 1 atom stereocenters. The highest BCUT2D eigenvalue weighted by Gasteiger charge is 2.23. The number of rotatable bonds is 0. The van der Waals surface area contributed by atoms with Gasteiger partial charge in [0, 0.05) is 8.78 Å². The highest BCUT2D eigenvalue weighted by Crippen LogP contribution is 2.37. The molecule has 1 aromatic rings. The highest BCUT2D eigenvalue weighted by molar-refractivity contribution is 5.50. The Kier molecular flexibility index (Phi) is 0.795. The molecule has 3 heteroatoms. The third-order valence-corrected chi connectivity index (χ3v) is 2.25. The van der Waals surface area contributed by atoms with Crippen LogP contribution < -0.4 is 15.2 Å². The maximum atomic E-state index is 7.89. The molecule has 2 aliphatic rings. The minimum atomic E-state index is -2.17. The summed E-state index contributed by atoms with van der Waals surface area (Å²) in [5.41, 5.74) is 6.96. The molecule has 2 N–H and O–H groups in total. The Hall–Kier alpha value is -1.22. The number of hydrogen-bond donors (Lipinski definition) is 1. The van der Waals surface area contributed by atoms with Crippen molar-refractivity contribution in [2.45, 2.75) is 18.8 Å². The number of hydrogen-bond acceptors (Lipinski definition) is 3. The summed E-state index contributed by atoms with van der Waals surface area (Å²) in [6.07, 6.45) is -1.19. The van der Waals surface area contributed by atoms with Crippen LogP contribution >= 0.6 is 0 Å². The van der Waals surface area contributed by atoms with Gasteiger partial charge in [0.25, 0.3) is 0 Å². The van der Waals surface area contributed by atoms with E-state index in [0.717, 1.165) is 5.56 Å². The monoisotopic (exact) mass is 181 g/mol. The van der Waals surface area contributed by atoms with Crippen molar-refractivity contribution in [3.05, 3.63) is 23.3 Å². The molecule has 1 aliphatic carbocycles. The lowest BCUT2D eigenvalue weighted by molar-refractivity contribution is 0.174. The standard InChI is InChI=1S/C10H11NO2/c11-8-1-6-3-9-10(13-5-12-9)4-7(6)2-8/h3-4,8H,1-2,5,11H2/i1D2,5D2. The quantitative estimate of drug-likeness (QED) is 0.645. The van der Waals surface area contributed by atoms with Crippen molar-refractivity contribution >= 4 is 0 Å². The maximum absolute atomic E-state index is 7.89. The van der Waals surface area contributed by atoms with Crippen LogP contribution in [0.4, 0.5) is 0 Å². The van der Waals surface area contributed by atoms with E-state index in [1.165, 1.54) is 6.07 Å². The van der Waals surface area contributed by atoms with Crippen LogP contribution in [0.25, 0.3) is 0 Å². The van der Waals surface area contributed by atoms with E-state index in [1.807, 2.05) is 0 Å². The van der Waals surface area contributed by atoms with Crippen molar-refractivity contribution < 1.29 is 15.0 Å². The fraction of sp³-hybridized carbons (Fsp3) is 0.400. The van der Waals surface area contributed by atoms with E-state index in [2.05, 4.69) is 0 Å². The number of benzene rings is 1. The molecular weight excluding hydrogens is 166 g/mol. The summed E-state index contributed by atoms with van der Waals surface area (Å²) in [4.78, 5) is 0. The maximum Gasteiger partial charge on any atom is 0.231 e. The molecule has 0 saturated carbocycles. The minimum absolute atomic E-state index is 0.228. The van der Waals surface area contributed by atoms with Gasteiger partial charge in [0.05, 0.1) is 0 Å². The molecular formula is C10H11NO2. The molecule has 0 radical (unpaired) electrons. The van der Waals surface area contributed by atoms with E-state index in [0.29, 0.717) is 17.7 Å². The van der Waals surface area contributed by atoms with Gasteiger partial charge in [-0.05, 0) is 36.1 Å². The van der Waals surface area contributed by atoms with Gasteiger partial charge in [0.2, 0.25) is 6.75 Å². The van der Waals surface area contributed by atoms with E-state index in [1.54, 1.807) is 6.07 Å². The molecule has 0 fully saturated rings. The van der Waals surface area contributed by atoms with Crippen LogP contribution in [0, 0.1) is 0 Å². The van der Waals surface area contributed by atoms with E-state index < -0.39 is 19.2 Å². The summed E-state index contributed by atoms with van der Waals surface area (Å²) in [6.45, 7) is -2.17. The van der Waals surface area contributed by atoms with Crippen molar-refractivity contribution in [1.82, 2.24) is 0 Å². The molecule has 3 rings (SSSR count). The Balaban J connectivity index is 2.11. The fourth-order valence-electron chi connectivity index (χ4n) is 1.66. The number of nitrogens with two attached hydrogens (primary N) is 1. The molecule has 13 heavy (non-hydrogen) atoms. The fourth-order valence-corrected chi connectivity index (χ4v) is 1.66. The summed E-state index contributed by atoms with van der Waals surface area (Å²) in [6, 6.07) is 2.51. The Morgan fingerprint density at radius 3 is 2.77 bits per heavy atom. The Bertz CT molecular complexity index is 503. The topological polar surface area (TPSA) is 44.5 Å². The van der Waals surface area contributed by atoms with E-state index in [-0.39, 0.29) is 5.75 Å². The Morgan fingerprint density at radius 1 is 1.31 bits per heavy atom. The molecule has 0 amide bonds. The SMILES string of the molecule is [2H]C1([2H])Oc2cc3c(cc2O1)C([2H])([2H])C(N)C3. The van der Waals surface area contributed by atoms with Crippen LogP contribution in [0.3, 0.4) is 0 Å². The molecule has 0 spiro atoms. The van der Waals surface area contributed by atoms with Crippen molar-refractivity contribution in [1.29, 1.82) is 0 Å². The first-order chi connectivity index (χ1) is 7.79. The van der Waals surface area contributed by atoms with Crippen molar-refractivity contribution in [2.75, 3.05) is 6.75 Å². The molecule has 0 saturated heterocycles. The summed E-state index contributed by atoms with van der Waals surface area (Å²) >= 11 is 0. The second-order valence-electron chi connectivity index (χ2n) is 3.20. The average molecular weight is 181 g/mol. The Labute approximate surface area is 82.1 Å². The molecule has 0 bridgehead atoms. The Morgan fingerprint density at radius 2 is 2.00 bits per heavy atom. The largest absolute Gasteiger partial charge is 0.454 e. The van der Waals surface area contributed by atoms with Crippen molar-refractivity contribution in [2.24, 2.45) is 5.73 Å². The van der Waals surface area contributed by atoms with Crippen LogP contribution in [0.2, 0.25) is 0 Å². The van der Waals surface area contributed by atoms with Gasteiger partial charge in [0.1, 0.15) is 2.74 Å². The molecule has 1 aliphatic heterocycles. The zero-order valence-corrected chi connectivity index (χ0v) is 6.83. The van der Waals surface area contributed by atoms with Gasteiger partial charge in [-0.1, -0.05) is 0 Å². The molecule has 0 aromatic heterocycles. The zero-order valence-electron chi connectivity index (χ0n) is 10.8. The average Bonchev–Trinajstić information content (AvgIpc) is 2.58. The van der Waals surface area contributed by atoms with Crippen LogP contribution in [-0.4, -0.2) is 12.8 Å². The second kappa shape index (κ2) is 2.39. The summed E-state index contributed by atoms with van der Waals surface area (Å²) in [7, 11) is 0. The van der Waals surface area contributed by atoms with E-state index >= 15 is 0 Å². The smallest absolute Gasteiger partial charge is 0.231 e. The summed E-state index contributed by atoms with van der Waals surface area (Å²) in [5.74, 6) is 0.533. The highest BCUT2D eigenvalue weighted by atomic mass is 16.7. The van der Waals surface area contributed by atoms with E-state index in [9.17, 15) is 0 Å². The lowest BCUT2D eigenvalue weighted by atomic mass is 10.1. The van der Waals surface area contributed by atoms with Gasteiger partial charge in [-0.25, -0.2) is 0 Å². The molecule has 3 nitrogen and oxygen atoms in total. The molecule has 1 heterocycles. The van der Waals surface area contributed by atoms with Gasteiger partial charge < -0.3 is 15.2 Å². The van der Waals surface area contributed by atoms with Crippen LogP contribution in [-0.2, 0) is 12.8 Å². The van der Waals surface area contributed by atoms with Crippen molar-refractivity contribution in [3.63, 3.8) is 0 Å². The summed E-state index contributed by atoms with van der Waals surface area (Å²) < 4.78 is 40.4. The molecule has 1 unspecified atom stereocenters. The first-order valence-electron chi connectivity index (χ1n) is 6.11.